The Morgan fingerprint density at radius 2 is 2.04 bits per heavy atom. The summed E-state index contributed by atoms with van der Waals surface area (Å²) in [6.45, 7) is 5.03. The van der Waals surface area contributed by atoms with Crippen LogP contribution in [0.5, 0.6) is 0 Å². The van der Waals surface area contributed by atoms with E-state index in [1.54, 1.807) is 0 Å². The first-order valence-corrected chi connectivity index (χ1v) is 8.78. The van der Waals surface area contributed by atoms with Gasteiger partial charge in [-0.25, -0.2) is 0 Å². The number of aromatic nitrogens is 3. The highest BCUT2D eigenvalue weighted by Gasteiger charge is 2.25. The van der Waals surface area contributed by atoms with Crippen LogP contribution in [0.3, 0.4) is 0 Å². The summed E-state index contributed by atoms with van der Waals surface area (Å²) in [6, 6.07) is 2.21. The number of pyridine rings is 1. The zero-order chi connectivity index (χ0) is 15.6. The maximum absolute atomic E-state index is 5.34. The van der Waals surface area contributed by atoms with Gasteiger partial charge in [0.05, 0.1) is 5.69 Å². The molecule has 1 saturated heterocycles. The minimum absolute atomic E-state index is 0.421. The Hall–Kier alpha value is -1.75. The normalized spacial score (nSPS) is 19.7. The highest BCUT2D eigenvalue weighted by atomic mass is 16.5. The second-order valence-electron chi connectivity index (χ2n) is 6.83. The van der Waals surface area contributed by atoms with Gasteiger partial charge in [0.15, 0.2) is 5.82 Å². The van der Waals surface area contributed by atoms with Crippen molar-refractivity contribution >= 4 is 0 Å². The van der Waals surface area contributed by atoms with Crippen LogP contribution in [-0.2, 0) is 19.4 Å². The number of nitrogens with zero attached hydrogens (tertiary/aromatic N) is 4. The van der Waals surface area contributed by atoms with Gasteiger partial charge in [-0.1, -0.05) is 5.16 Å². The van der Waals surface area contributed by atoms with Crippen molar-refractivity contribution < 1.29 is 4.52 Å². The van der Waals surface area contributed by atoms with E-state index in [-0.39, 0.29) is 0 Å². The topological polar surface area (TPSA) is 55.1 Å². The van der Waals surface area contributed by atoms with Crippen LogP contribution < -0.4 is 0 Å². The van der Waals surface area contributed by atoms with Crippen LogP contribution >= 0.6 is 0 Å². The summed E-state index contributed by atoms with van der Waals surface area (Å²) < 4.78 is 5.34. The fourth-order valence-electron chi connectivity index (χ4n) is 3.90. The zero-order valence-corrected chi connectivity index (χ0v) is 13.8. The monoisotopic (exact) mass is 312 g/mol. The molecule has 1 fully saturated rings. The van der Waals surface area contributed by atoms with Crippen LogP contribution in [0.1, 0.15) is 60.1 Å². The van der Waals surface area contributed by atoms with Gasteiger partial charge in [0.2, 0.25) is 5.89 Å². The fraction of sp³-hybridized carbons (Fsp3) is 0.611. The van der Waals surface area contributed by atoms with Gasteiger partial charge in [-0.2, -0.15) is 4.98 Å². The summed E-state index contributed by atoms with van der Waals surface area (Å²) in [6.07, 6.45) is 9.25. The molecule has 0 saturated carbocycles. The summed E-state index contributed by atoms with van der Waals surface area (Å²) in [5.41, 5.74) is 4.35. The molecule has 0 radical (unpaired) electrons. The standard InChI is InChI=1S/C18H24N4O/c1-13-20-18(23-21-13)15-7-10-22(11-8-15)12-17-16-5-3-2-4-14(16)6-9-19-17/h6,9,15H,2-5,7-8,10-12H2,1H3. The van der Waals surface area contributed by atoms with E-state index >= 15 is 0 Å². The molecule has 3 heterocycles. The second kappa shape index (κ2) is 6.40. The van der Waals surface area contributed by atoms with Crippen molar-refractivity contribution in [3.63, 3.8) is 0 Å². The summed E-state index contributed by atoms with van der Waals surface area (Å²) in [7, 11) is 0. The lowest BCUT2D eigenvalue weighted by Crippen LogP contribution is -2.33. The number of likely N-dealkylation sites (tertiary alicyclic amines) is 1. The Kier molecular flexibility index (Phi) is 4.12. The number of fused-ring (bicyclic) bond motifs is 1. The molecule has 0 amide bonds. The van der Waals surface area contributed by atoms with E-state index in [1.165, 1.54) is 42.5 Å². The molecule has 0 atom stereocenters. The van der Waals surface area contributed by atoms with E-state index in [4.69, 9.17) is 4.52 Å². The Labute approximate surface area is 137 Å². The molecular formula is C18H24N4O. The maximum atomic E-state index is 5.34. The SMILES string of the molecule is Cc1noc(C2CCN(Cc3nccc4c3CCCC4)CC2)n1. The van der Waals surface area contributed by atoms with Crippen molar-refractivity contribution in [1.82, 2.24) is 20.0 Å². The minimum Gasteiger partial charge on any atom is -0.339 e. The van der Waals surface area contributed by atoms with Crippen molar-refractivity contribution in [1.29, 1.82) is 0 Å². The third-order valence-corrected chi connectivity index (χ3v) is 5.22. The Balaban J connectivity index is 1.40. The second-order valence-corrected chi connectivity index (χ2v) is 6.83. The molecule has 1 aliphatic heterocycles. The fourth-order valence-corrected chi connectivity index (χ4v) is 3.90. The van der Waals surface area contributed by atoms with Gasteiger partial charge in [0.1, 0.15) is 0 Å². The Bertz CT molecular complexity index is 673. The van der Waals surface area contributed by atoms with Crippen LogP contribution in [-0.4, -0.2) is 33.1 Å². The van der Waals surface area contributed by atoms with E-state index in [9.17, 15) is 0 Å². The first-order chi connectivity index (χ1) is 11.3. The first kappa shape index (κ1) is 14.8. The molecule has 4 rings (SSSR count). The number of hydrogen-bond acceptors (Lipinski definition) is 5. The van der Waals surface area contributed by atoms with Gasteiger partial charge < -0.3 is 4.52 Å². The quantitative estimate of drug-likeness (QED) is 0.872. The van der Waals surface area contributed by atoms with Gasteiger partial charge in [0.25, 0.3) is 0 Å². The van der Waals surface area contributed by atoms with Crippen molar-refractivity contribution in [3.8, 4) is 0 Å². The molecule has 23 heavy (non-hydrogen) atoms. The largest absolute Gasteiger partial charge is 0.339 e. The van der Waals surface area contributed by atoms with Gasteiger partial charge >= 0.3 is 0 Å². The number of rotatable bonds is 3. The third kappa shape index (κ3) is 3.15. The van der Waals surface area contributed by atoms with Crippen LogP contribution in [0.15, 0.2) is 16.8 Å². The minimum atomic E-state index is 0.421. The van der Waals surface area contributed by atoms with E-state index in [0.717, 1.165) is 44.2 Å². The molecule has 2 aromatic heterocycles. The van der Waals surface area contributed by atoms with Crippen molar-refractivity contribution in [2.45, 2.75) is 57.9 Å². The predicted octanol–water partition coefficient (Wildman–Crippen LogP) is 3.03. The summed E-state index contributed by atoms with van der Waals surface area (Å²) in [5, 5.41) is 3.92. The third-order valence-electron chi connectivity index (χ3n) is 5.22. The van der Waals surface area contributed by atoms with E-state index in [0.29, 0.717) is 5.92 Å². The van der Waals surface area contributed by atoms with E-state index in [2.05, 4.69) is 26.1 Å². The van der Waals surface area contributed by atoms with Crippen molar-refractivity contribution in [3.05, 3.63) is 40.8 Å². The molecule has 0 N–H and O–H groups in total. The van der Waals surface area contributed by atoms with Crippen LogP contribution in [0.25, 0.3) is 0 Å². The Morgan fingerprint density at radius 1 is 1.22 bits per heavy atom. The summed E-state index contributed by atoms with van der Waals surface area (Å²) in [5.74, 6) is 1.98. The number of hydrogen-bond donors (Lipinski definition) is 0. The number of aryl methyl sites for hydroxylation is 2. The molecule has 0 bridgehead atoms. The summed E-state index contributed by atoms with van der Waals surface area (Å²) >= 11 is 0. The van der Waals surface area contributed by atoms with E-state index < -0.39 is 0 Å². The maximum Gasteiger partial charge on any atom is 0.229 e. The molecule has 0 unspecified atom stereocenters. The average molecular weight is 312 g/mol. The molecule has 2 aromatic rings. The van der Waals surface area contributed by atoms with Gasteiger partial charge in [-0.05, 0) is 75.7 Å². The smallest absolute Gasteiger partial charge is 0.229 e. The van der Waals surface area contributed by atoms with Gasteiger partial charge in [0, 0.05) is 18.7 Å². The lowest BCUT2D eigenvalue weighted by Gasteiger charge is -2.31. The van der Waals surface area contributed by atoms with Crippen molar-refractivity contribution in [2.24, 2.45) is 0 Å². The summed E-state index contributed by atoms with van der Waals surface area (Å²) in [4.78, 5) is 11.6. The number of piperidine rings is 1. The van der Waals surface area contributed by atoms with Crippen LogP contribution in [0.4, 0.5) is 0 Å². The Morgan fingerprint density at radius 3 is 2.83 bits per heavy atom. The molecule has 5 nitrogen and oxygen atoms in total. The first-order valence-electron chi connectivity index (χ1n) is 8.78. The van der Waals surface area contributed by atoms with E-state index in [1.807, 2.05) is 13.1 Å². The predicted molar refractivity (Wildman–Crippen MR) is 87.2 cm³/mol. The molecule has 5 heteroatoms. The molecule has 1 aliphatic carbocycles. The highest BCUT2D eigenvalue weighted by Crippen LogP contribution is 2.29. The molecule has 2 aliphatic rings. The zero-order valence-electron chi connectivity index (χ0n) is 13.8. The lowest BCUT2D eigenvalue weighted by atomic mass is 9.90. The van der Waals surface area contributed by atoms with Crippen LogP contribution in [0, 0.1) is 6.92 Å². The average Bonchev–Trinajstić information content (AvgIpc) is 3.02. The molecule has 0 aromatic carbocycles. The van der Waals surface area contributed by atoms with Gasteiger partial charge in [-0.15, -0.1) is 0 Å². The molecule has 0 spiro atoms. The lowest BCUT2D eigenvalue weighted by molar-refractivity contribution is 0.185. The van der Waals surface area contributed by atoms with Crippen molar-refractivity contribution in [2.75, 3.05) is 13.1 Å². The molecule has 122 valence electrons. The highest BCUT2D eigenvalue weighted by molar-refractivity contribution is 5.32. The van der Waals surface area contributed by atoms with Gasteiger partial charge in [-0.3, -0.25) is 9.88 Å². The molecular weight excluding hydrogens is 288 g/mol. The van der Waals surface area contributed by atoms with Crippen LogP contribution in [0.2, 0.25) is 0 Å².